The van der Waals surface area contributed by atoms with Gasteiger partial charge in [-0.2, -0.15) is 0 Å². The normalized spacial score (nSPS) is 22.7. The van der Waals surface area contributed by atoms with E-state index in [0.29, 0.717) is 44.4 Å². The van der Waals surface area contributed by atoms with Crippen LogP contribution in [0.15, 0.2) is 35.9 Å². The van der Waals surface area contributed by atoms with E-state index in [2.05, 4.69) is 37.5 Å². The van der Waals surface area contributed by atoms with Gasteiger partial charge in [0.2, 0.25) is 17.7 Å². The lowest BCUT2D eigenvalue weighted by atomic mass is 9.69. The van der Waals surface area contributed by atoms with Gasteiger partial charge in [-0.05, 0) is 67.6 Å². The Bertz CT molecular complexity index is 932. The monoisotopic (exact) mass is 497 g/mol. The number of hydrogen-bond acceptors (Lipinski definition) is 4. The molecule has 1 aliphatic heterocycles. The van der Waals surface area contributed by atoms with Crippen molar-refractivity contribution in [2.45, 2.75) is 59.9 Å². The first-order chi connectivity index (χ1) is 17.2. The van der Waals surface area contributed by atoms with E-state index in [9.17, 15) is 14.4 Å². The van der Waals surface area contributed by atoms with Crippen LogP contribution in [0.1, 0.15) is 58.9 Å². The minimum Gasteiger partial charge on any atom is -0.497 e. The summed E-state index contributed by atoms with van der Waals surface area (Å²) in [4.78, 5) is 38.9. The van der Waals surface area contributed by atoms with Gasteiger partial charge in [-0.1, -0.05) is 37.6 Å². The number of benzene rings is 1. The molecule has 7 nitrogen and oxygen atoms in total. The maximum Gasteiger partial charge on any atom is 0.223 e. The molecule has 0 radical (unpaired) electrons. The highest BCUT2D eigenvalue weighted by atomic mass is 16.5. The number of carbonyl (C=O) groups excluding carboxylic acids is 3. The highest BCUT2D eigenvalue weighted by molar-refractivity contribution is 5.79. The standard InChI is InChI=1S/C29H43N3O4/c1-19(2)27-15-24(16-28(34)30-17-22-6-8-26(36-5)9-7-22)20(3)14-25(27)18-31-29(35)23-10-12-32(13-11-23)21(4)33/h6-9,14,19,23-25,27H,10-13,15-18H2,1-5H3,(H,30,34)(H,31,35). The molecule has 1 aromatic rings. The molecule has 7 heteroatoms. The third kappa shape index (κ3) is 7.58. The van der Waals surface area contributed by atoms with Crippen LogP contribution in [-0.2, 0) is 20.9 Å². The van der Waals surface area contributed by atoms with E-state index in [1.165, 1.54) is 5.57 Å². The number of allylic oxidation sites excluding steroid dienone is 1. The van der Waals surface area contributed by atoms with E-state index in [0.717, 1.165) is 30.6 Å². The van der Waals surface area contributed by atoms with Gasteiger partial charge in [0.25, 0.3) is 0 Å². The van der Waals surface area contributed by atoms with Gasteiger partial charge in [0.1, 0.15) is 5.75 Å². The number of nitrogens with zero attached hydrogens (tertiary/aromatic N) is 1. The van der Waals surface area contributed by atoms with E-state index in [4.69, 9.17) is 4.74 Å². The second-order valence-corrected chi connectivity index (χ2v) is 10.8. The van der Waals surface area contributed by atoms with E-state index in [1.807, 2.05) is 29.2 Å². The van der Waals surface area contributed by atoms with Gasteiger partial charge in [-0.15, -0.1) is 0 Å². The summed E-state index contributed by atoms with van der Waals surface area (Å²) in [5.74, 6) is 2.39. The summed E-state index contributed by atoms with van der Waals surface area (Å²) in [6.07, 6.45) is 5.18. The van der Waals surface area contributed by atoms with Crippen LogP contribution in [0.25, 0.3) is 0 Å². The van der Waals surface area contributed by atoms with Crippen molar-refractivity contribution in [3.8, 4) is 5.75 Å². The minimum atomic E-state index is -0.0195. The lowest BCUT2D eigenvalue weighted by Crippen LogP contribution is -2.44. The van der Waals surface area contributed by atoms with Gasteiger partial charge in [-0.25, -0.2) is 0 Å². The highest BCUT2D eigenvalue weighted by Crippen LogP contribution is 2.38. The van der Waals surface area contributed by atoms with Crippen LogP contribution < -0.4 is 15.4 Å². The molecule has 36 heavy (non-hydrogen) atoms. The van der Waals surface area contributed by atoms with Crippen LogP contribution in [-0.4, -0.2) is 49.4 Å². The maximum atomic E-state index is 12.8. The van der Waals surface area contributed by atoms with E-state index in [1.54, 1.807) is 14.0 Å². The van der Waals surface area contributed by atoms with Crippen LogP contribution in [0.5, 0.6) is 5.75 Å². The van der Waals surface area contributed by atoms with Crippen molar-refractivity contribution in [2.24, 2.45) is 29.6 Å². The van der Waals surface area contributed by atoms with E-state index in [-0.39, 0.29) is 35.5 Å². The zero-order chi connectivity index (χ0) is 26.2. The lowest BCUT2D eigenvalue weighted by Gasteiger charge is -2.37. The minimum absolute atomic E-state index is 0.0195. The predicted octanol–water partition coefficient (Wildman–Crippen LogP) is 3.93. The fourth-order valence-corrected chi connectivity index (χ4v) is 5.57. The Morgan fingerprint density at radius 3 is 2.33 bits per heavy atom. The Hall–Kier alpha value is -2.83. The Morgan fingerprint density at radius 1 is 1.08 bits per heavy atom. The number of ether oxygens (including phenoxy) is 1. The summed E-state index contributed by atoms with van der Waals surface area (Å²) in [5, 5.41) is 6.26. The van der Waals surface area contributed by atoms with Gasteiger partial charge in [0.15, 0.2) is 0 Å². The summed E-state index contributed by atoms with van der Waals surface area (Å²) in [7, 11) is 1.64. The molecule has 2 N–H and O–H groups in total. The Labute approximate surface area is 216 Å². The molecule has 0 saturated carbocycles. The molecule has 1 fully saturated rings. The zero-order valence-electron chi connectivity index (χ0n) is 22.5. The van der Waals surface area contributed by atoms with Crippen LogP contribution >= 0.6 is 0 Å². The number of methoxy groups -OCH3 is 1. The number of rotatable bonds is 9. The van der Waals surface area contributed by atoms with Crippen molar-refractivity contribution >= 4 is 17.7 Å². The Morgan fingerprint density at radius 2 is 1.75 bits per heavy atom. The second-order valence-electron chi connectivity index (χ2n) is 10.8. The van der Waals surface area contributed by atoms with Gasteiger partial charge >= 0.3 is 0 Å². The molecule has 198 valence electrons. The van der Waals surface area contributed by atoms with Gasteiger partial charge in [-0.3, -0.25) is 14.4 Å². The SMILES string of the molecule is COc1ccc(CNC(=O)CC2CC(C(C)C)C(CNC(=O)C3CCN(C(C)=O)CC3)C=C2C)cc1. The molecule has 1 aliphatic carbocycles. The Kier molecular flexibility index (Phi) is 9.97. The van der Waals surface area contributed by atoms with Crippen molar-refractivity contribution in [2.75, 3.05) is 26.7 Å². The first kappa shape index (κ1) is 27.8. The van der Waals surface area contributed by atoms with Crippen molar-refractivity contribution in [3.63, 3.8) is 0 Å². The molecule has 2 aliphatic rings. The summed E-state index contributed by atoms with van der Waals surface area (Å²) in [5.41, 5.74) is 2.28. The second kappa shape index (κ2) is 12.9. The molecule has 3 unspecified atom stereocenters. The summed E-state index contributed by atoms with van der Waals surface area (Å²) in [6, 6.07) is 7.73. The highest BCUT2D eigenvalue weighted by Gasteiger charge is 2.33. The largest absolute Gasteiger partial charge is 0.497 e. The van der Waals surface area contributed by atoms with Crippen LogP contribution in [0.3, 0.4) is 0 Å². The van der Waals surface area contributed by atoms with Crippen molar-refractivity contribution < 1.29 is 19.1 Å². The van der Waals surface area contributed by atoms with Crippen LogP contribution in [0.4, 0.5) is 0 Å². The number of carbonyl (C=O) groups is 3. The fraction of sp³-hybridized carbons (Fsp3) is 0.621. The number of amides is 3. The summed E-state index contributed by atoms with van der Waals surface area (Å²) < 4.78 is 5.19. The lowest BCUT2D eigenvalue weighted by molar-refractivity contribution is -0.134. The van der Waals surface area contributed by atoms with Crippen LogP contribution in [0.2, 0.25) is 0 Å². The quantitative estimate of drug-likeness (QED) is 0.506. The zero-order valence-corrected chi connectivity index (χ0v) is 22.5. The number of likely N-dealkylation sites (tertiary alicyclic amines) is 1. The van der Waals surface area contributed by atoms with Crippen molar-refractivity contribution in [3.05, 3.63) is 41.5 Å². The molecule has 1 saturated heterocycles. The summed E-state index contributed by atoms with van der Waals surface area (Å²) in [6.45, 7) is 10.6. The molecular formula is C29H43N3O4. The number of nitrogens with one attached hydrogen (secondary N) is 2. The maximum absolute atomic E-state index is 12.8. The third-order valence-electron chi connectivity index (χ3n) is 7.99. The van der Waals surface area contributed by atoms with E-state index < -0.39 is 0 Å². The average Bonchev–Trinajstić information content (AvgIpc) is 2.87. The van der Waals surface area contributed by atoms with Gasteiger partial charge < -0.3 is 20.3 Å². The topological polar surface area (TPSA) is 87.7 Å². The molecule has 0 aromatic heterocycles. The molecular weight excluding hydrogens is 454 g/mol. The van der Waals surface area contributed by atoms with Gasteiger partial charge in [0, 0.05) is 45.4 Å². The average molecular weight is 498 g/mol. The van der Waals surface area contributed by atoms with Crippen LogP contribution in [0, 0.1) is 29.6 Å². The van der Waals surface area contributed by atoms with E-state index >= 15 is 0 Å². The third-order valence-corrected chi connectivity index (χ3v) is 7.99. The predicted molar refractivity (Wildman–Crippen MR) is 141 cm³/mol. The van der Waals surface area contributed by atoms with Crippen molar-refractivity contribution in [1.82, 2.24) is 15.5 Å². The molecule has 0 spiro atoms. The molecule has 0 bridgehead atoms. The Balaban J connectivity index is 1.51. The molecule has 3 amide bonds. The molecule has 1 aromatic carbocycles. The summed E-state index contributed by atoms with van der Waals surface area (Å²) >= 11 is 0. The van der Waals surface area contributed by atoms with Gasteiger partial charge in [0.05, 0.1) is 7.11 Å². The van der Waals surface area contributed by atoms with Crippen molar-refractivity contribution in [1.29, 1.82) is 0 Å². The molecule has 3 rings (SSSR count). The smallest absolute Gasteiger partial charge is 0.223 e. The number of piperidine rings is 1. The molecule has 1 heterocycles. The number of hydrogen-bond donors (Lipinski definition) is 2. The fourth-order valence-electron chi connectivity index (χ4n) is 5.57. The first-order valence-corrected chi connectivity index (χ1v) is 13.3. The first-order valence-electron chi connectivity index (χ1n) is 13.3. The molecule has 3 atom stereocenters.